The van der Waals surface area contributed by atoms with Crippen molar-refractivity contribution < 1.29 is 0 Å². The van der Waals surface area contributed by atoms with Crippen LogP contribution in [0.5, 0.6) is 0 Å². The molecular formula is C16H28N2S. The summed E-state index contributed by atoms with van der Waals surface area (Å²) in [6.07, 6.45) is 10.2. The van der Waals surface area contributed by atoms with Gasteiger partial charge in [-0.05, 0) is 52.4 Å². The highest BCUT2D eigenvalue weighted by atomic mass is 32.1. The first-order valence-electron chi connectivity index (χ1n) is 7.55. The first-order valence-corrected chi connectivity index (χ1v) is 8.37. The molecule has 0 aromatic carbocycles. The van der Waals surface area contributed by atoms with Crippen molar-refractivity contribution in [1.82, 2.24) is 10.3 Å². The summed E-state index contributed by atoms with van der Waals surface area (Å²) in [5.41, 5.74) is 0.679. The van der Waals surface area contributed by atoms with Crippen molar-refractivity contribution in [2.45, 2.75) is 71.8 Å². The fourth-order valence-electron chi connectivity index (χ4n) is 3.03. The molecule has 3 heteroatoms. The second kappa shape index (κ2) is 5.92. The Morgan fingerprint density at radius 2 is 1.95 bits per heavy atom. The van der Waals surface area contributed by atoms with E-state index < -0.39 is 0 Å². The van der Waals surface area contributed by atoms with Crippen molar-refractivity contribution in [1.29, 1.82) is 0 Å². The lowest BCUT2D eigenvalue weighted by Gasteiger charge is -2.39. The number of nitrogens with zero attached hydrogens (tertiary/aromatic N) is 1. The predicted molar refractivity (Wildman–Crippen MR) is 83.8 cm³/mol. The van der Waals surface area contributed by atoms with E-state index in [1.165, 1.54) is 48.4 Å². The number of hydrogen-bond acceptors (Lipinski definition) is 3. The van der Waals surface area contributed by atoms with Gasteiger partial charge in [-0.3, -0.25) is 0 Å². The third kappa shape index (κ3) is 4.57. The van der Waals surface area contributed by atoms with Crippen molar-refractivity contribution in [3.63, 3.8) is 0 Å². The van der Waals surface area contributed by atoms with Crippen LogP contribution >= 0.6 is 11.3 Å². The number of hydrogen-bond donors (Lipinski definition) is 1. The van der Waals surface area contributed by atoms with Gasteiger partial charge in [0.25, 0.3) is 0 Å². The van der Waals surface area contributed by atoms with Crippen LogP contribution in [0.15, 0.2) is 6.20 Å². The predicted octanol–water partition coefficient (Wildman–Crippen LogP) is 4.33. The van der Waals surface area contributed by atoms with Gasteiger partial charge in [0.2, 0.25) is 0 Å². The van der Waals surface area contributed by atoms with E-state index >= 15 is 0 Å². The number of thiazole rings is 1. The van der Waals surface area contributed by atoms with Gasteiger partial charge >= 0.3 is 0 Å². The summed E-state index contributed by atoms with van der Waals surface area (Å²) in [6, 6.07) is 0. The molecule has 19 heavy (non-hydrogen) atoms. The van der Waals surface area contributed by atoms with E-state index in [1.54, 1.807) is 0 Å². The minimum absolute atomic E-state index is 0.216. The van der Waals surface area contributed by atoms with E-state index in [0.29, 0.717) is 5.41 Å². The lowest BCUT2D eigenvalue weighted by molar-refractivity contribution is 0.166. The zero-order valence-electron chi connectivity index (χ0n) is 12.9. The molecule has 1 aliphatic rings. The van der Waals surface area contributed by atoms with Gasteiger partial charge in [-0.1, -0.05) is 19.3 Å². The zero-order chi connectivity index (χ0) is 13.9. The van der Waals surface area contributed by atoms with E-state index in [0.717, 1.165) is 6.54 Å². The second-order valence-electron chi connectivity index (χ2n) is 7.19. The van der Waals surface area contributed by atoms with Crippen LogP contribution in [-0.4, -0.2) is 17.1 Å². The third-order valence-corrected chi connectivity index (χ3v) is 5.04. The molecule has 1 aliphatic carbocycles. The van der Waals surface area contributed by atoms with E-state index in [1.807, 2.05) is 11.3 Å². The molecule has 0 amide bonds. The number of aryl methyl sites for hydroxylation is 1. The molecule has 0 bridgehead atoms. The molecule has 1 aromatic rings. The molecule has 0 atom stereocenters. The van der Waals surface area contributed by atoms with Gasteiger partial charge in [0.05, 0.1) is 5.01 Å². The Bertz CT molecular complexity index is 397. The Balaban J connectivity index is 2.05. The minimum atomic E-state index is 0.216. The Morgan fingerprint density at radius 1 is 1.26 bits per heavy atom. The smallest absolute Gasteiger partial charge is 0.0896 e. The summed E-state index contributed by atoms with van der Waals surface area (Å²) in [7, 11) is 0. The van der Waals surface area contributed by atoms with Crippen LogP contribution in [0.4, 0.5) is 0 Å². The van der Waals surface area contributed by atoms with E-state index in [4.69, 9.17) is 0 Å². The summed E-state index contributed by atoms with van der Waals surface area (Å²) in [5, 5.41) is 4.94. The van der Waals surface area contributed by atoms with Gasteiger partial charge in [0.1, 0.15) is 0 Å². The molecule has 1 saturated carbocycles. The molecule has 1 N–H and O–H groups in total. The number of nitrogens with one attached hydrogen (secondary N) is 1. The molecular weight excluding hydrogens is 252 g/mol. The largest absolute Gasteiger partial charge is 0.312 e. The molecule has 0 aliphatic heterocycles. The molecule has 1 heterocycles. The number of aromatic nitrogens is 1. The molecule has 2 nitrogen and oxygen atoms in total. The fraction of sp³-hybridized carbons (Fsp3) is 0.812. The zero-order valence-corrected chi connectivity index (χ0v) is 13.7. The molecule has 0 saturated heterocycles. The second-order valence-corrected chi connectivity index (χ2v) is 8.51. The lowest BCUT2D eigenvalue weighted by Crippen LogP contribution is -2.45. The molecule has 0 unspecified atom stereocenters. The van der Waals surface area contributed by atoms with Crippen LogP contribution in [0.3, 0.4) is 0 Å². The molecule has 1 fully saturated rings. The molecule has 1 aromatic heterocycles. The van der Waals surface area contributed by atoms with Gasteiger partial charge in [0.15, 0.2) is 0 Å². The summed E-state index contributed by atoms with van der Waals surface area (Å²) in [4.78, 5) is 5.89. The molecule has 2 rings (SSSR count). The van der Waals surface area contributed by atoms with E-state index in [9.17, 15) is 0 Å². The van der Waals surface area contributed by atoms with Gasteiger partial charge in [-0.15, -0.1) is 11.3 Å². The van der Waals surface area contributed by atoms with Crippen LogP contribution in [-0.2, 0) is 6.42 Å². The number of rotatable bonds is 4. The average Bonchev–Trinajstić information content (AvgIpc) is 2.73. The maximum absolute atomic E-state index is 4.42. The summed E-state index contributed by atoms with van der Waals surface area (Å²) in [6.45, 7) is 10.0. The molecule has 0 radical (unpaired) electrons. The highest BCUT2D eigenvalue weighted by molar-refractivity contribution is 7.11. The van der Waals surface area contributed by atoms with Gasteiger partial charge < -0.3 is 5.32 Å². The third-order valence-electron chi connectivity index (χ3n) is 4.13. The van der Waals surface area contributed by atoms with Crippen molar-refractivity contribution in [2.75, 3.05) is 6.54 Å². The Labute approximate surface area is 122 Å². The summed E-state index contributed by atoms with van der Waals surface area (Å²) < 4.78 is 0. The van der Waals surface area contributed by atoms with Crippen LogP contribution < -0.4 is 5.32 Å². The van der Waals surface area contributed by atoms with Crippen LogP contribution in [0.2, 0.25) is 0 Å². The molecule has 108 valence electrons. The first-order chi connectivity index (χ1) is 8.89. The van der Waals surface area contributed by atoms with E-state index in [2.05, 4.69) is 44.2 Å². The Hall–Kier alpha value is -0.410. The van der Waals surface area contributed by atoms with Crippen molar-refractivity contribution in [3.05, 3.63) is 16.1 Å². The average molecular weight is 280 g/mol. The SMILES string of the molecule is Cc1ncc(CC2(CNC(C)(C)C)CCCCC2)s1. The monoisotopic (exact) mass is 280 g/mol. The van der Waals surface area contributed by atoms with Gasteiger partial charge in [-0.25, -0.2) is 4.98 Å². The first kappa shape index (κ1) is 15.0. The summed E-state index contributed by atoms with van der Waals surface area (Å²) in [5.74, 6) is 0. The Morgan fingerprint density at radius 3 is 2.47 bits per heavy atom. The topological polar surface area (TPSA) is 24.9 Å². The van der Waals surface area contributed by atoms with Crippen LogP contribution in [0, 0.1) is 12.3 Å². The minimum Gasteiger partial charge on any atom is -0.312 e. The highest BCUT2D eigenvalue weighted by Crippen LogP contribution is 2.40. The maximum atomic E-state index is 4.42. The normalized spacial score (nSPS) is 19.6. The highest BCUT2D eigenvalue weighted by Gasteiger charge is 2.33. The lowest BCUT2D eigenvalue weighted by atomic mass is 9.71. The Kier molecular flexibility index (Phi) is 4.67. The van der Waals surface area contributed by atoms with Crippen LogP contribution in [0.25, 0.3) is 0 Å². The standard InChI is InChI=1S/C16H28N2S/c1-13-17-11-14(19-13)10-16(8-6-5-7-9-16)12-18-15(2,3)4/h11,18H,5-10,12H2,1-4H3. The van der Waals surface area contributed by atoms with Crippen molar-refractivity contribution >= 4 is 11.3 Å². The maximum Gasteiger partial charge on any atom is 0.0896 e. The molecule has 0 spiro atoms. The van der Waals surface area contributed by atoms with Crippen LogP contribution in [0.1, 0.15) is 62.8 Å². The van der Waals surface area contributed by atoms with Gasteiger partial charge in [-0.2, -0.15) is 0 Å². The van der Waals surface area contributed by atoms with Gasteiger partial charge in [0, 0.05) is 23.2 Å². The van der Waals surface area contributed by atoms with Crippen molar-refractivity contribution in [2.24, 2.45) is 5.41 Å². The quantitative estimate of drug-likeness (QED) is 0.888. The van der Waals surface area contributed by atoms with Crippen molar-refractivity contribution in [3.8, 4) is 0 Å². The fourth-order valence-corrected chi connectivity index (χ4v) is 4.00. The van der Waals surface area contributed by atoms with E-state index in [-0.39, 0.29) is 5.54 Å². The summed E-state index contributed by atoms with van der Waals surface area (Å²) >= 11 is 1.87.